The van der Waals surface area contributed by atoms with Crippen LogP contribution in [0.15, 0.2) is 18.2 Å². The molecule has 2 rings (SSSR count). The molecule has 1 fully saturated rings. The van der Waals surface area contributed by atoms with Gasteiger partial charge >= 0.3 is 0 Å². The zero-order valence-corrected chi connectivity index (χ0v) is 12.9. The molecular weight excluding hydrogens is 262 g/mol. The lowest BCUT2D eigenvalue weighted by molar-refractivity contribution is 0.0760. The maximum absolute atomic E-state index is 12.6. The first-order valence-electron chi connectivity index (χ1n) is 7.61. The predicted octanol–water partition coefficient (Wildman–Crippen LogP) is 2.60. The van der Waals surface area contributed by atoms with E-state index in [9.17, 15) is 4.79 Å². The second-order valence-electron chi connectivity index (χ2n) is 5.82. The lowest BCUT2D eigenvalue weighted by Gasteiger charge is -2.20. The van der Waals surface area contributed by atoms with Crippen LogP contribution in [0.2, 0.25) is 0 Å². The number of likely N-dealkylation sites (tertiary alicyclic amines) is 1. The van der Waals surface area contributed by atoms with Crippen LogP contribution in [0.3, 0.4) is 0 Å². The predicted molar refractivity (Wildman–Crippen MR) is 84.1 cm³/mol. The van der Waals surface area contributed by atoms with E-state index < -0.39 is 0 Å². The summed E-state index contributed by atoms with van der Waals surface area (Å²) in [5.74, 6) is 6.37. The van der Waals surface area contributed by atoms with Crippen molar-refractivity contribution in [2.45, 2.75) is 33.1 Å². The van der Waals surface area contributed by atoms with Crippen LogP contribution >= 0.6 is 0 Å². The number of nitrogens with zero attached hydrogens (tertiary/aromatic N) is 1. The Hall–Kier alpha value is -1.79. The molecule has 1 unspecified atom stereocenters. The highest BCUT2D eigenvalue weighted by molar-refractivity contribution is 5.94. The van der Waals surface area contributed by atoms with E-state index in [-0.39, 0.29) is 12.5 Å². The molecule has 0 radical (unpaired) electrons. The summed E-state index contributed by atoms with van der Waals surface area (Å²) in [6, 6.07) is 5.61. The van der Waals surface area contributed by atoms with Crippen LogP contribution < -0.4 is 0 Å². The lowest BCUT2D eigenvalue weighted by Crippen LogP contribution is -2.32. The van der Waals surface area contributed by atoms with Crippen molar-refractivity contribution in [3.63, 3.8) is 0 Å². The molecule has 3 nitrogen and oxygen atoms in total. The van der Waals surface area contributed by atoms with Gasteiger partial charge in [0.1, 0.15) is 6.61 Å². The molecule has 0 aliphatic carbocycles. The van der Waals surface area contributed by atoms with Crippen LogP contribution in [0.5, 0.6) is 0 Å². The molecule has 0 saturated carbocycles. The number of aliphatic hydroxyl groups excluding tert-OH is 1. The lowest BCUT2D eigenvalue weighted by atomic mass is 10.0. The van der Waals surface area contributed by atoms with E-state index in [2.05, 4.69) is 18.8 Å². The zero-order chi connectivity index (χ0) is 15.2. The van der Waals surface area contributed by atoms with Gasteiger partial charge in [0.05, 0.1) is 0 Å². The van der Waals surface area contributed by atoms with Crippen LogP contribution in [0.25, 0.3) is 0 Å². The van der Waals surface area contributed by atoms with E-state index in [1.54, 1.807) is 0 Å². The first kappa shape index (κ1) is 15.6. The Morgan fingerprint density at radius 1 is 1.38 bits per heavy atom. The number of hydrogen-bond donors (Lipinski definition) is 1. The summed E-state index contributed by atoms with van der Waals surface area (Å²) in [6.07, 6.45) is 3.38. The summed E-state index contributed by atoms with van der Waals surface area (Å²) >= 11 is 0. The zero-order valence-electron chi connectivity index (χ0n) is 12.9. The average molecular weight is 285 g/mol. The van der Waals surface area contributed by atoms with Crippen molar-refractivity contribution in [2.24, 2.45) is 5.92 Å². The number of carbonyl (C=O) groups excluding carboxylic acids is 1. The van der Waals surface area contributed by atoms with Gasteiger partial charge in [-0.1, -0.05) is 18.8 Å². The fourth-order valence-electron chi connectivity index (χ4n) is 2.72. The molecule has 1 N–H and O–H groups in total. The Morgan fingerprint density at radius 3 is 2.90 bits per heavy atom. The maximum atomic E-state index is 12.6. The normalized spacial score (nSPS) is 18.6. The summed E-state index contributed by atoms with van der Waals surface area (Å²) in [4.78, 5) is 14.6. The first-order valence-corrected chi connectivity index (χ1v) is 7.61. The van der Waals surface area contributed by atoms with Crippen molar-refractivity contribution in [1.29, 1.82) is 0 Å². The van der Waals surface area contributed by atoms with Crippen molar-refractivity contribution in [3.8, 4) is 11.8 Å². The number of aliphatic hydroxyl groups is 1. The summed E-state index contributed by atoms with van der Waals surface area (Å²) in [5, 5.41) is 8.75. The fraction of sp³-hybridized carbons (Fsp3) is 0.500. The van der Waals surface area contributed by atoms with Gasteiger partial charge in [-0.15, -0.1) is 0 Å². The summed E-state index contributed by atoms with van der Waals surface area (Å²) < 4.78 is 0. The molecule has 0 aromatic heterocycles. The molecule has 1 heterocycles. The Labute approximate surface area is 127 Å². The smallest absolute Gasteiger partial charge is 0.253 e. The molecule has 21 heavy (non-hydrogen) atoms. The van der Waals surface area contributed by atoms with Gasteiger partial charge < -0.3 is 10.0 Å². The molecule has 1 aliphatic heterocycles. The van der Waals surface area contributed by atoms with E-state index in [0.717, 1.165) is 42.6 Å². The van der Waals surface area contributed by atoms with E-state index in [1.807, 2.05) is 30.0 Å². The number of aryl methyl sites for hydroxylation is 1. The minimum absolute atomic E-state index is 0.119. The number of amides is 1. The van der Waals surface area contributed by atoms with Gasteiger partial charge in [0.25, 0.3) is 5.91 Å². The van der Waals surface area contributed by atoms with Gasteiger partial charge in [0, 0.05) is 24.2 Å². The molecule has 0 spiro atoms. The van der Waals surface area contributed by atoms with E-state index in [4.69, 9.17) is 5.11 Å². The molecular formula is C18H23NO2. The quantitative estimate of drug-likeness (QED) is 0.806. The van der Waals surface area contributed by atoms with Crippen molar-refractivity contribution >= 4 is 5.91 Å². The molecule has 1 aromatic carbocycles. The highest BCUT2D eigenvalue weighted by atomic mass is 16.2. The minimum atomic E-state index is -0.147. The monoisotopic (exact) mass is 285 g/mol. The Bertz CT molecular complexity index is 568. The average Bonchev–Trinajstić information content (AvgIpc) is 2.70. The summed E-state index contributed by atoms with van der Waals surface area (Å²) in [6.45, 7) is 5.76. The van der Waals surface area contributed by atoms with E-state index in [1.165, 1.54) is 6.42 Å². The summed E-state index contributed by atoms with van der Waals surface area (Å²) in [7, 11) is 0. The number of hydrogen-bond acceptors (Lipinski definition) is 2. The number of benzene rings is 1. The van der Waals surface area contributed by atoms with Crippen LogP contribution in [-0.2, 0) is 0 Å². The Kier molecular flexibility index (Phi) is 5.41. The van der Waals surface area contributed by atoms with Crippen LogP contribution in [0.4, 0.5) is 0 Å². The van der Waals surface area contributed by atoms with E-state index >= 15 is 0 Å². The van der Waals surface area contributed by atoms with Crippen molar-refractivity contribution < 1.29 is 9.90 Å². The molecule has 1 amide bonds. The van der Waals surface area contributed by atoms with Crippen LogP contribution in [0.1, 0.15) is 47.7 Å². The third-order valence-corrected chi connectivity index (χ3v) is 4.08. The second-order valence-corrected chi connectivity index (χ2v) is 5.82. The van der Waals surface area contributed by atoms with Crippen LogP contribution in [-0.4, -0.2) is 35.6 Å². The van der Waals surface area contributed by atoms with E-state index in [0.29, 0.717) is 5.92 Å². The molecule has 1 saturated heterocycles. The standard InChI is InChI=1S/C18H23NO2/c1-14-5-3-10-19(11-9-14)18(21)17-8-7-16(6-4-12-20)15(2)13-17/h7-8,13-14,20H,3,5,9-12H2,1-2H3. The van der Waals surface area contributed by atoms with Crippen molar-refractivity contribution in [1.82, 2.24) is 4.90 Å². The highest BCUT2D eigenvalue weighted by Crippen LogP contribution is 2.19. The van der Waals surface area contributed by atoms with Gasteiger partial charge in [-0.05, 0) is 55.9 Å². The SMILES string of the molecule is Cc1cc(C(=O)N2CCCC(C)CC2)ccc1C#CCO. The highest BCUT2D eigenvalue weighted by Gasteiger charge is 2.19. The van der Waals surface area contributed by atoms with Crippen LogP contribution in [0, 0.1) is 24.7 Å². The van der Waals surface area contributed by atoms with Gasteiger partial charge in [-0.3, -0.25) is 4.79 Å². The van der Waals surface area contributed by atoms with Gasteiger partial charge in [0.2, 0.25) is 0 Å². The molecule has 112 valence electrons. The Balaban J connectivity index is 2.14. The van der Waals surface area contributed by atoms with Gasteiger partial charge in [-0.25, -0.2) is 0 Å². The number of carbonyl (C=O) groups is 1. The molecule has 1 atom stereocenters. The van der Waals surface area contributed by atoms with Gasteiger partial charge in [-0.2, -0.15) is 0 Å². The molecule has 1 aromatic rings. The van der Waals surface area contributed by atoms with Crippen molar-refractivity contribution in [3.05, 3.63) is 34.9 Å². The number of rotatable bonds is 1. The molecule has 1 aliphatic rings. The minimum Gasteiger partial charge on any atom is -0.384 e. The summed E-state index contributed by atoms with van der Waals surface area (Å²) in [5.41, 5.74) is 2.58. The Morgan fingerprint density at radius 2 is 2.19 bits per heavy atom. The molecule has 0 bridgehead atoms. The maximum Gasteiger partial charge on any atom is 0.253 e. The van der Waals surface area contributed by atoms with Gasteiger partial charge in [0.15, 0.2) is 0 Å². The fourth-order valence-corrected chi connectivity index (χ4v) is 2.72. The molecule has 3 heteroatoms. The van der Waals surface area contributed by atoms with Crippen molar-refractivity contribution in [2.75, 3.05) is 19.7 Å². The second kappa shape index (κ2) is 7.28. The third kappa shape index (κ3) is 4.09. The topological polar surface area (TPSA) is 40.5 Å². The third-order valence-electron chi connectivity index (χ3n) is 4.08. The largest absolute Gasteiger partial charge is 0.384 e. The first-order chi connectivity index (χ1) is 10.1.